The number of hydrogen-bond donors (Lipinski definition) is 1. The van der Waals surface area contributed by atoms with Gasteiger partial charge in [-0.2, -0.15) is 0 Å². The van der Waals surface area contributed by atoms with E-state index >= 15 is 0 Å². The van der Waals surface area contributed by atoms with Gasteiger partial charge in [-0.25, -0.2) is 0 Å². The van der Waals surface area contributed by atoms with Crippen molar-refractivity contribution in [2.45, 2.75) is 59.1 Å². The summed E-state index contributed by atoms with van der Waals surface area (Å²) in [6, 6.07) is 22.9. The summed E-state index contributed by atoms with van der Waals surface area (Å²) in [5.41, 5.74) is -0.185. The number of benzene rings is 2. The molecule has 176 valence electrons. The molecule has 2 aromatic rings. The summed E-state index contributed by atoms with van der Waals surface area (Å²) in [5, 5.41) is 15.2. The Morgan fingerprint density at radius 3 is 2.12 bits per heavy atom. The van der Waals surface area contributed by atoms with Crippen LogP contribution >= 0.6 is 0 Å². The van der Waals surface area contributed by atoms with Crippen molar-refractivity contribution in [2.24, 2.45) is 22.7 Å². The number of ether oxygens (including phenoxy) is 1. The summed E-state index contributed by atoms with van der Waals surface area (Å²) >= 11 is 0. The molecule has 0 aromatic heterocycles. The molecule has 1 aliphatic heterocycles. The average Bonchev–Trinajstić information content (AvgIpc) is 2.80. The molecule has 0 unspecified atom stereocenters. The number of aliphatic hydroxyl groups excluding tert-OH is 1. The first-order chi connectivity index (χ1) is 15.6. The minimum atomic E-state index is -2.40. The number of aliphatic hydroxyl groups is 1. The Kier molecular flexibility index (Phi) is 6.45. The van der Waals surface area contributed by atoms with Crippen LogP contribution in [0.5, 0.6) is 0 Å². The van der Waals surface area contributed by atoms with Gasteiger partial charge >= 0.3 is 5.97 Å². The molecule has 4 atom stereocenters. The summed E-state index contributed by atoms with van der Waals surface area (Å²) in [6.45, 7) is 13.7. The maximum absolute atomic E-state index is 11.6. The molecule has 2 aromatic carbocycles. The Morgan fingerprint density at radius 2 is 1.61 bits per heavy atom. The SMILES string of the molecule is C=C1[C@H](CCOC(C)=O)[C@@]2(C)CC[C@H](O)C(C)(C)[C@@H]2C[Si]1(c1ccccc1)c1ccccc1. The molecule has 4 heteroatoms. The zero-order chi connectivity index (χ0) is 23.9. The topological polar surface area (TPSA) is 46.5 Å². The normalized spacial score (nSPS) is 30.3. The molecule has 0 spiro atoms. The first-order valence-corrected chi connectivity index (χ1v) is 14.5. The molecule has 4 rings (SSSR count). The minimum absolute atomic E-state index is 0.0139. The van der Waals surface area contributed by atoms with E-state index in [1.165, 1.54) is 22.5 Å². The van der Waals surface area contributed by atoms with Crippen molar-refractivity contribution in [3.05, 3.63) is 72.4 Å². The highest BCUT2D eigenvalue weighted by atomic mass is 28.3. The van der Waals surface area contributed by atoms with Crippen LogP contribution in [0, 0.1) is 22.7 Å². The van der Waals surface area contributed by atoms with Crippen molar-refractivity contribution in [2.75, 3.05) is 6.61 Å². The highest BCUT2D eigenvalue weighted by molar-refractivity contribution is 7.07. The Bertz CT molecular complexity index is 961. The standard InChI is InChI=1S/C29H38O3Si/c1-21-25(17-19-32-22(2)30)29(5)18-16-27(31)28(3,4)26(29)20-33(21,23-12-8-6-9-13-23)24-14-10-7-11-15-24/h6-15,25-27,31H,1,16-20H2,2-5H3/t25-,26-,27-,29+/m0/s1. The Morgan fingerprint density at radius 1 is 1.06 bits per heavy atom. The van der Waals surface area contributed by atoms with E-state index in [-0.39, 0.29) is 28.8 Å². The molecule has 3 nitrogen and oxygen atoms in total. The molecule has 1 aliphatic carbocycles. The minimum Gasteiger partial charge on any atom is -0.466 e. The van der Waals surface area contributed by atoms with E-state index in [4.69, 9.17) is 11.3 Å². The molecule has 0 radical (unpaired) electrons. The van der Waals surface area contributed by atoms with E-state index in [1.54, 1.807) is 0 Å². The number of carbonyl (C=O) groups is 1. The summed E-state index contributed by atoms with van der Waals surface area (Å²) in [4.78, 5) is 11.6. The van der Waals surface area contributed by atoms with Gasteiger partial charge in [0.25, 0.3) is 0 Å². The van der Waals surface area contributed by atoms with Crippen LogP contribution in [0.4, 0.5) is 0 Å². The molecule has 0 amide bonds. The molecule has 2 fully saturated rings. The third-order valence-corrected chi connectivity index (χ3v) is 14.1. The van der Waals surface area contributed by atoms with Gasteiger partial charge in [0.05, 0.1) is 12.7 Å². The van der Waals surface area contributed by atoms with E-state index in [2.05, 4.69) is 81.4 Å². The second-order valence-corrected chi connectivity index (χ2v) is 15.0. The van der Waals surface area contributed by atoms with E-state index in [1.807, 2.05) is 0 Å². The molecule has 0 bridgehead atoms. The molecule has 2 aliphatic rings. The van der Waals surface area contributed by atoms with Crippen LogP contribution in [0.15, 0.2) is 72.4 Å². The van der Waals surface area contributed by atoms with Gasteiger partial charge in [-0.3, -0.25) is 4.79 Å². The van der Waals surface area contributed by atoms with Crippen molar-refractivity contribution in [1.29, 1.82) is 0 Å². The number of carbonyl (C=O) groups excluding carboxylic acids is 1. The second kappa shape index (κ2) is 8.88. The van der Waals surface area contributed by atoms with E-state index in [9.17, 15) is 9.90 Å². The van der Waals surface area contributed by atoms with E-state index in [0.29, 0.717) is 12.5 Å². The molecule has 1 heterocycles. The first-order valence-electron chi connectivity index (χ1n) is 12.3. The summed E-state index contributed by atoms with van der Waals surface area (Å²) in [6.07, 6.45) is 2.25. The van der Waals surface area contributed by atoms with Crippen LogP contribution in [-0.4, -0.2) is 31.9 Å². The zero-order valence-electron chi connectivity index (χ0n) is 20.5. The maximum Gasteiger partial charge on any atom is 0.302 e. The van der Waals surface area contributed by atoms with Gasteiger partial charge in [0.2, 0.25) is 0 Å². The van der Waals surface area contributed by atoms with Gasteiger partial charge in [0.15, 0.2) is 0 Å². The van der Waals surface area contributed by atoms with Crippen LogP contribution in [0.1, 0.15) is 47.0 Å². The molecular formula is C29H38O3Si. The highest BCUT2D eigenvalue weighted by Gasteiger charge is 2.62. The highest BCUT2D eigenvalue weighted by Crippen LogP contribution is 2.63. The molecule has 1 N–H and O–H groups in total. The van der Waals surface area contributed by atoms with Gasteiger partial charge in [-0.05, 0) is 58.3 Å². The largest absolute Gasteiger partial charge is 0.466 e. The third-order valence-electron chi connectivity index (χ3n) is 9.03. The van der Waals surface area contributed by atoms with Gasteiger partial charge in [-0.15, -0.1) is 6.58 Å². The van der Waals surface area contributed by atoms with Gasteiger partial charge in [-0.1, -0.05) is 86.6 Å². The fraction of sp³-hybridized carbons (Fsp3) is 0.483. The van der Waals surface area contributed by atoms with Crippen molar-refractivity contribution in [3.8, 4) is 0 Å². The van der Waals surface area contributed by atoms with Crippen molar-refractivity contribution in [1.82, 2.24) is 0 Å². The van der Waals surface area contributed by atoms with Crippen LogP contribution < -0.4 is 10.4 Å². The lowest BCUT2D eigenvalue weighted by Crippen LogP contribution is -2.70. The Hall–Kier alpha value is -2.17. The van der Waals surface area contributed by atoms with E-state index in [0.717, 1.165) is 25.3 Å². The third kappa shape index (κ3) is 3.91. The van der Waals surface area contributed by atoms with Gasteiger partial charge < -0.3 is 9.84 Å². The van der Waals surface area contributed by atoms with Crippen LogP contribution in [-0.2, 0) is 9.53 Å². The lowest BCUT2D eigenvalue weighted by Gasteiger charge is -2.63. The van der Waals surface area contributed by atoms with Crippen molar-refractivity contribution >= 4 is 24.4 Å². The quantitative estimate of drug-likeness (QED) is 0.516. The molecular weight excluding hydrogens is 424 g/mol. The fourth-order valence-electron chi connectivity index (χ4n) is 7.17. The first kappa shape index (κ1) is 24.0. The second-order valence-electron chi connectivity index (χ2n) is 11.0. The van der Waals surface area contributed by atoms with Crippen LogP contribution in [0.3, 0.4) is 0 Å². The van der Waals surface area contributed by atoms with Crippen molar-refractivity contribution in [3.63, 3.8) is 0 Å². The molecule has 1 saturated heterocycles. The average molecular weight is 463 g/mol. The smallest absolute Gasteiger partial charge is 0.302 e. The van der Waals surface area contributed by atoms with Crippen LogP contribution in [0.2, 0.25) is 6.04 Å². The van der Waals surface area contributed by atoms with Crippen LogP contribution in [0.25, 0.3) is 0 Å². The summed E-state index contributed by atoms with van der Waals surface area (Å²) in [7, 11) is -2.40. The van der Waals surface area contributed by atoms with Gasteiger partial charge in [0, 0.05) is 6.92 Å². The summed E-state index contributed by atoms with van der Waals surface area (Å²) in [5.74, 6) is 0.343. The number of fused-ring (bicyclic) bond motifs is 1. The summed E-state index contributed by atoms with van der Waals surface area (Å²) < 4.78 is 5.46. The number of allylic oxidation sites excluding steroid dienone is 1. The number of esters is 1. The lowest BCUT2D eigenvalue weighted by atomic mass is 9.51. The lowest BCUT2D eigenvalue weighted by molar-refractivity contribution is -0.142. The van der Waals surface area contributed by atoms with E-state index < -0.39 is 8.07 Å². The monoisotopic (exact) mass is 462 g/mol. The van der Waals surface area contributed by atoms with Gasteiger partial charge in [0.1, 0.15) is 8.07 Å². The molecule has 33 heavy (non-hydrogen) atoms. The Balaban J connectivity index is 1.92. The number of hydrogen-bond acceptors (Lipinski definition) is 3. The predicted octanol–water partition coefficient (Wildman–Crippen LogP) is 4.73. The number of rotatable bonds is 5. The fourth-order valence-corrected chi connectivity index (χ4v) is 13.2. The Labute approximate surface area is 199 Å². The maximum atomic E-state index is 11.6. The predicted molar refractivity (Wildman–Crippen MR) is 137 cm³/mol. The zero-order valence-corrected chi connectivity index (χ0v) is 21.5. The molecule has 1 saturated carbocycles. The van der Waals surface area contributed by atoms with Crippen molar-refractivity contribution < 1.29 is 14.6 Å².